The van der Waals surface area contributed by atoms with E-state index in [9.17, 15) is 23.3 Å². The van der Waals surface area contributed by atoms with Crippen LogP contribution in [0.2, 0.25) is 0 Å². The highest BCUT2D eigenvalue weighted by Crippen LogP contribution is 2.31. The molecule has 2 rings (SSSR count). The molecule has 1 aromatic heterocycles. The number of carbonyl (C=O) groups is 1. The van der Waals surface area contributed by atoms with E-state index < -0.39 is 27.2 Å². The van der Waals surface area contributed by atoms with Crippen LogP contribution in [0.5, 0.6) is 5.75 Å². The minimum Gasteiger partial charge on any atom is -0.478 e. The van der Waals surface area contributed by atoms with Crippen molar-refractivity contribution >= 4 is 21.5 Å². The average Bonchev–Trinajstić information content (AvgIpc) is 3.00. The average molecular weight is 452 g/mol. The first-order valence-corrected chi connectivity index (χ1v) is 11.5. The number of aromatic nitrogens is 1. The smallest absolute Gasteiger partial charge is 0.312 e. The van der Waals surface area contributed by atoms with E-state index >= 15 is 0 Å². The maximum atomic E-state index is 12.7. The zero-order chi connectivity index (χ0) is 23.5. The molecule has 0 aliphatic heterocycles. The number of carbonyl (C=O) groups excluding carboxylic acids is 1. The molecular weight excluding hydrogens is 422 g/mol. The van der Waals surface area contributed by atoms with Crippen molar-refractivity contribution in [3.8, 4) is 5.75 Å². The number of rotatable bonds is 10. The quantitative estimate of drug-likeness (QED) is 0.308. The van der Waals surface area contributed by atoms with E-state index in [1.54, 1.807) is 19.9 Å². The van der Waals surface area contributed by atoms with Gasteiger partial charge in [-0.3, -0.25) is 14.9 Å². The van der Waals surface area contributed by atoms with Gasteiger partial charge in [0.15, 0.2) is 12.4 Å². The largest absolute Gasteiger partial charge is 0.478 e. The fourth-order valence-electron chi connectivity index (χ4n) is 3.71. The summed E-state index contributed by atoms with van der Waals surface area (Å²) in [6.07, 6.45) is 0. The molecule has 0 N–H and O–H groups in total. The lowest BCUT2D eigenvalue weighted by molar-refractivity contribution is -0.386. The number of hydrogen-bond donors (Lipinski definition) is 0. The van der Waals surface area contributed by atoms with Crippen LogP contribution in [0.1, 0.15) is 55.5 Å². The molecule has 0 aliphatic carbocycles. The van der Waals surface area contributed by atoms with Gasteiger partial charge in [-0.2, -0.15) is 4.31 Å². The number of ketones is 1. The second-order valence-corrected chi connectivity index (χ2v) is 9.37. The number of sulfonamides is 1. The first-order chi connectivity index (χ1) is 14.4. The van der Waals surface area contributed by atoms with Gasteiger partial charge in [-0.25, -0.2) is 8.42 Å². The first kappa shape index (κ1) is 24.5. The Morgan fingerprint density at radius 2 is 1.81 bits per heavy atom. The Labute approximate surface area is 182 Å². The summed E-state index contributed by atoms with van der Waals surface area (Å²) in [5.41, 5.74) is 1.73. The van der Waals surface area contributed by atoms with Crippen molar-refractivity contribution < 1.29 is 22.9 Å². The van der Waals surface area contributed by atoms with Crippen molar-refractivity contribution in [3.05, 3.63) is 51.3 Å². The number of nitrogens with zero attached hydrogens (tertiary/aromatic N) is 3. The number of aryl methyl sites for hydroxylation is 1. The second-order valence-electron chi connectivity index (χ2n) is 7.44. The summed E-state index contributed by atoms with van der Waals surface area (Å²) in [6.45, 7) is 11.3. The van der Waals surface area contributed by atoms with Gasteiger partial charge >= 0.3 is 5.69 Å². The third-order valence-corrected chi connectivity index (χ3v) is 7.18. The number of hydrogen-bond acceptors (Lipinski definition) is 6. The Morgan fingerprint density at radius 3 is 2.29 bits per heavy atom. The number of benzene rings is 1. The molecule has 0 atom stereocenters. The third kappa shape index (κ3) is 4.96. The maximum Gasteiger partial charge on any atom is 0.312 e. The molecule has 0 radical (unpaired) electrons. The predicted molar refractivity (Wildman–Crippen MR) is 117 cm³/mol. The molecule has 0 bridgehead atoms. The van der Waals surface area contributed by atoms with Crippen molar-refractivity contribution in [2.75, 3.05) is 19.7 Å². The summed E-state index contributed by atoms with van der Waals surface area (Å²) in [5.74, 6) is -0.469. The highest BCUT2D eigenvalue weighted by Gasteiger charge is 2.27. The lowest BCUT2D eigenvalue weighted by Gasteiger charge is -2.18. The standard InChI is InChI=1S/C21H29N3O6S/c1-7-22(8-2)31(28,29)17-9-10-21(19(12-17)24(26)27)30-13-20(25)18-11-15(5)23(14(3)4)16(18)6/h9-12,14H,7-8,13H2,1-6H3. The lowest BCUT2D eigenvalue weighted by Crippen LogP contribution is -2.30. The topological polar surface area (TPSA) is 112 Å². The normalized spacial score (nSPS) is 11.9. The molecule has 2 aromatic rings. The van der Waals surface area contributed by atoms with Gasteiger partial charge in [0.1, 0.15) is 0 Å². The van der Waals surface area contributed by atoms with Gasteiger partial charge in [-0.05, 0) is 45.9 Å². The Kier molecular flexibility index (Phi) is 7.61. The molecule has 0 saturated heterocycles. The number of ether oxygens (including phenoxy) is 1. The molecule has 0 amide bonds. The summed E-state index contributed by atoms with van der Waals surface area (Å²) in [6, 6.07) is 5.40. The highest BCUT2D eigenvalue weighted by atomic mass is 32.2. The summed E-state index contributed by atoms with van der Waals surface area (Å²) >= 11 is 0. The van der Waals surface area contributed by atoms with Gasteiger partial charge in [-0.1, -0.05) is 13.8 Å². The van der Waals surface area contributed by atoms with E-state index in [0.717, 1.165) is 17.5 Å². The molecule has 0 aliphatic rings. The van der Waals surface area contributed by atoms with Crippen LogP contribution in [-0.2, 0) is 10.0 Å². The van der Waals surface area contributed by atoms with E-state index in [1.165, 1.54) is 16.4 Å². The van der Waals surface area contributed by atoms with E-state index in [2.05, 4.69) is 0 Å². The minimum atomic E-state index is -3.86. The number of nitro groups is 1. The van der Waals surface area contributed by atoms with E-state index in [4.69, 9.17) is 4.74 Å². The van der Waals surface area contributed by atoms with Crippen molar-refractivity contribution in [1.29, 1.82) is 0 Å². The summed E-state index contributed by atoms with van der Waals surface area (Å²) in [4.78, 5) is 23.3. The van der Waals surface area contributed by atoms with Crippen LogP contribution < -0.4 is 4.74 Å². The zero-order valence-corrected chi connectivity index (χ0v) is 19.5. The van der Waals surface area contributed by atoms with Crippen LogP contribution in [0.3, 0.4) is 0 Å². The van der Waals surface area contributed by atoms with Crippen LogP contribution in [-0.4, -0.2) is 47.7 Å². The summed E-state index contributed by atoms with van der Waals surface area (Å²) in [7, 11) is -3.86. The third-order valence-electron chi connectivity index (χ3n) is 5.13. The minimum absolute atomic E-state index is 0.158. The molecular formula is C21H29N3O6S. The van der Waals surface area contributed by atoms with E-state index in [0.29, 0.717) is 5.56 Å². The monoisotopic (exact) mass is 451 g/mol. The molecule has 170 valence electrons. The van der Waals surface area contributed by atoms with Crippen LogP contribution >= 0.6 is 0 Å². The van der Waals surface area contributed by atoms with Gasteiger partial charge in [0.2, 0.25) is 15.8 Å². The summed E-state index contributed by atoms with van der Waals surface area (Å²) in [5, 5.41) is 11.5. The van der Waals surface area contributed by atoms with Crippen LogP contribution in [0, 0.1) is 24.0 Å². The Bertz CT molecular complexity index is 1080. The van der Waals surface area contributed by atoms with Crippen molar-refractivity contribution in [1.82, 2.24) is 8.87 Å². The van der Waals surface area contributed by atoms with Gasteiger partial charge in [0, 0.05) is 42.1 Å². The van der Waals surface area contributed by atoms with Crippen LogP contribution in [0.4, 0.5) is 5.69 Å². The molecule has 0 fully saturated rings. The molecule has 0 spiro atoms. The van der Waals surface area contributed by atoms with Crippen molar-refractivity contribution in [3.63, 3.8) is 0 Å². The Hall–Kier alpha value is -2.72. The molecule has 0 unspecified atom stereocenters. The fourth-order valence-corrected chi connectivity index (χ4v) is 5.19. The molecule has 10 heteroatoms. The lowest BCUT2D eigenvalue weighted by atomic mass is 10.1. The Morgan fingerprint density at radius 1 is 1.19 bits per heavy atom. The number of nitro benzene ring substituents is 1. The maximum absolute atomic E-state index is 12.7. The van der Waals surface area contributed by atoms with E-state index in [1.807, 2.05) is 32.3 Å². The number of Topliss-reactive ketones (excluding diaryl/α,β-unsaturated/α-hetero) is 1. The van der Waals surface area contributed by atoms with Gasteiger partial charge in [-0.15, -0.1) is 0 Å². The van der Waals surface area contributed by atoms with Crippen molar-refractivity contribution in [2.45, 2.75) is 52.5 Å². The molecule has 0 saturated carbocycles. The molecule has 31 heavy (non-hydrogen) atoms. The van der Waals surface area contributed by atoms with Gasteiger partial charge in [0.25, 0.3) is 0 Å². The highest BCUT2D eigenvalue weighted by molar-refractivity contribution is 7.89. The molecule has 1 heterocycles. The molecule has 1 aromatic carbocycles. The van der Waals surface area contributed by atoms with Crippen LogP contribution in [0.25, 0.3) is 0 Å². The predicted octanol–water partition coefficient (Wildman–Crippen LogP) is 3.89. The zero-order valence-electron chi connectivity index (χ0n) is 18.7. The first-order valence-electron chi connectivity index (χ1n) is 10.1. The van der Waals surface area contributed by atoms with Crippen LogP contribution in [0.15, 0.2) is 29.2 Å². The second kappa shape index (κ2) is 9.61. The van der Waals surface area contributed by atoms with Crippen molar-refractivity contribution in [2.24, 2.45) is 0 Å². The summed E-state index contributed by atoms with van der Waals surface area (Å²) < 4.78 is 34.0. The Balaban J connectivity index is 2.31. The fraction of sp³-hybridized carbons (Fsp3) is 0.476. The van der Waals surface area contributed by atoms with E-state index in [-0.39, 0.29) is 35.6 Å². The molecule has 9 nitrogen and oxygen atoms in total. The van der Waals surface area contributed by atoms with Gasteiger partial charge < -0.3 is 9.30 Å². The van der Waals surface area contributed by atoms with Gasteiger partial charge in [0.05, 0.1) is 9.82 Å². The SMILES string of the molecule is CCN(CC)S(=O)(=O)c1ccc(OCC(=O)c2cc(C)n(C(C)C)c2C)c([N+](=O)[O-])c1.